The molecule has 0 saturated carbocycles. The van der Waals surface area contributed by atoms with Crippen LogP contribution in [0.4, 0.5) is 4.79 Å². The van der Waals surface area contributed by atoms with Crippen molar-refractivity contribution in [1.82, 2.24) is 15.1 Å². The molecule has 0 aromatic rings. The lowest BCUT2D eigenvalue weighted by Crippen LogP contribution is -2.51. The molecule has 0 radical (unpaired) electrons. The number of urea groups is 1. The van der Waals surface area contributed by atoms with Crippen LogP contribution in [0.3, 0.4) is 0 Å². The number of hydrogen-bond acceptors (Lipinski definition) is 2. The van der Waals surface area contributed by atoms with Crippen LogP contribution in [0.25, 0.3) is 0 Å². The van der Waals surface area contributed by atoms with Gasteiger partial charge < -0.3 is 15.1 Å². The van der Waals surface area contributed by atoms with Gasteiger partial charge in [-0.1, -0.05) is 20.8 Å². The molecule has 100 valence electrons. The highest BCUT2D eigenvalue weighted by Crippen LogP contribution is 2.32. The van der Waals surface area contributed by atoms with Crippen molar-refractivity contribution in [3.63, 3.8) is 0 Å². The van der Waals surface area contributed by atoms with Gasteiger partial charge in [-0.15, -0.1) is 0 Å². The van der Waals surface area contributed by atoms with Crippen LogP contribution in [0.5, 0.6) is 0 Å². The molecule has 1 fully saturated rings. The summed E-state index contributed by atoms with van der Waals surface area (Å²) in [6.45, 7) is 12.4. The van der Waals surface area contributed by atoms with Crippen LogP contribution < -0.4 is 5.32 Å². The summed E-state index contributed by atoms with van der Waals surface area (Å²) in [5.41, 5.74) is -0.0189. The summed E-state index contributed by atoms with van der Waals surface area (Å²) < 4.78 is 0. The van der Waals surface area contributed by atoms with Gasteiger partial charge in [-0.05, 0) is 26.3 Å². The number of nitrogens with zero attached hydrogens (tertiary/aromatic N) is 2. The number of carbonyl (C=O) groups is 1. The molecule has 0 aromatic heterocycles. The van der Waals surface area contributed by atoms with E-state index in [1.54, 1.807) is 0 Å². The van der Waals surface area contributed by atoms with Gasteiger partial charge in [0.05, 0.1) is 11.6 Å². The van der Waals surface area contributed by atoms with E-state index in [4.69, 9.17) is 0 Å². The van der Waals surface area contributed by atoms with Crippen LogP contribution in [0.15, 0.2) is 0 Å². The Bertz CT molecular complexity index is 294. The summed E-state index contributed by atoms with van der Waals surface area (Å²) in [5, 5.41) is 3.16. The molecule has 2 amide bonds. The molecule has 0 bridgehead atoms. The van der Waals surface area contributed by atoms with E-state index >= 15 is 0 Å². The molecule has 0 spiro atoms. The molecule has 4 nitrogen and oxygen atoms in total. The second kappa shape index (κ2) is 4.48. The third-order valence-electron chi connectivity index (χ3n) is 3.70. The number of rotatable bonds is 3. The quantitative estimate of drug-likeness (QED) is 0.817. The summed E-state index contributed by atoms with van der Waals surface area (Å²) in [6.07, 6.45) is 0. The Morgan fingerprint density at radius 3 is 2.18 bits per heavy atom. The molecular formula is C13H27N3O. The van der Waals surface area contributed by atoms with E-state index in [-0.39, 0.29) is 23.0 Å². The van der Waals surface area contributed by atoms with Crippen LogP contribution in [-0.4, -0.2) is 54.6 Å². The topological polar surface area (TPSA) is 35.6 Å². The molecule has 1 heterocycles. The maximum Gasteiger partial charge on any atom is 0.320 e. The maximum atomic E-state index is 12.3. The lowest BCUT2D eigenvalue weighted by Gasteiger charge is -2.35. The molecule has 1 saturated heterocycles. The van der Waals surface area contributed by atoms with E-state index in [9.17, 15) is 4.79 Å². The Kier molecular flexibility index (Phi) is 3.77. The molecule has 1 unspecified atom stereocenters. The average molecular weight is 241 g/mol. The lowest BCUT2D eigenvalue weighted by molar-refractivity contribution is 0.149. The standard InChI is InChI=1S/C13H27N3O/c1-12(2,3)10-8-16(11(17)15(10)7)13(4,5)9-14-6/h10,14H,8-9H2,1-7H3. The number of hydrogen-bond donors (Lipinski definition) is 1. The summed E-state index contributed by atoms with van der Waals surface area (Å²) in [6, 6.07) is 0.427. The van der Waals surface area contributed by atoms with E-state index in [2.05, 4.69) is 39.9 Å². The monoisotopic (exact) mass is 241 g/mol. The second-order valence-electron chi connectivity index (χ2n) is 6.73. The zero-order valence-corrected chi connectivity index (χ0v) is 12.3. The lowest BCUT2D eigenvalue weighted by atomic mass is 9.86. The van der Waals surface area contributed by atoms with Gasteiger partial charge in [0.25, 0.3) is 0 Å². The van der Waals surface area contributed by atoms with E-state index in [0.29, 0.717) is 0 Å². The molecule has 1 N–H and O–H groups in total. The Labute approximate surface area is 105 Å². The van der Waals surface area contributed by atoms with Crippen molar-refractivity contribution in [1.29, 1.82) is 0 Å². The number of likely N-dealkylation sites (N-methyl/N-ethyl adjacent to an activating group) is 2. The maximum absolute atomic E-state index is 12.3. The van der Waals surface area contributed by atoms with Gasteiger partial charge in [-0.2, -0.15) is 0 Å². The van der Waals surface area contributed by atoms with Crippen molar-refractivity contribution in [3.8, 4) is 0 Å². The van der Waals surface area contributed by atoms with Crippen LogP contribution in [0, 0.1) is 5.41 Å². The van der Waals surface area contributed by atoms with Gasteiger partial charge in [0.1, 0.15) is 0 Å². The van der Waals surface area contributed by atoms with Gasteiger partial charge in [-0.3, -0.25) is 0 Å². The number of nitrogens with one attached hydrogen (secondary N) is 1. The van der Waals surface area contributed by atoms with Crippen molar-refractivity contribution >= 4 is 6.03 Å². The molecule has 1 rings (SSSR count). The zero-order valence-electron chi connectivity index (χ0n) is 12.3. The molecule has 17 heavy (non-hydrogen) atoms. The van der Waals surface area contributed by atoms with Crippen molar-refractivity contribution in [3.05, 3.63) is 0 Å². The largest absolute Gasteiger partial charge is 0.322 e. The molecular weight excluding hydrogens is 214 g/mol. The Morgan fingerprint density at radius 2 is 1.82 bits per heavy atom. The SMILES string of the molecule is CNCC(C)(C)N1CC(C(C)(C)C)N(C)C1=O. The van der Waals surface area contributed by atoms with Crippen LogP contribution in [0.1, 0.15) is 34.6 Å². The first kappa shape index (κ1) is 14.3. The van der Waals surface area contributed by atoms with Gasteiger partial charge in [0.2, 0.25) is 0 Å². The molecule has 1 aliphatic heterocycles. The fourth-order valence-corrected chi connectivity index (χ4v) is 2.59. The van der Waals surface area contributed by atoms with Gasteiger partial charge in [-0.25, -0.2) is 4.79 Å². The highest BCUT2D eigenvalue weighted by Gasteiger charge is 2.45. The number of amides is 2. The fourth-order valence-electron chi connectivity index (χ4n) is 2.59. The minimum absolute atomic E-state index is 0.120. The summed E-state index contributed by atoms with van der Waals surface area (Å²) >= 11 is 0. The van der Waals surface area contributed by atoms with E-state index in [1.807, 2.05) is 23.9 Å². The van der Waals surface area contributed by atoms with Crippen LogP contribution in [-0.2, 0) is 0 Å². The summed E-state index contributed by atoms with van der Waals surface area (Å²) in [7, 11) is 3.83. The normalized spacial score (nSPS) is 22.5. The fraction of sp³-hybridized carbons (Fsp3) is 0.923. The minimum atomic E-state index is -0.139. The predicted octanol–water partition coefficient (Wildman–Crippen LogP) is 1.77. The molecule has 0 aromatic carbocycles. The molecule has 4 heteroatoms. The van der Waals surface area contributed by atoms with Crippen molar-refractivity contribution < 1.29 is 4.79 Å². The van der Waals surface area contributed by atoms with Gasteiger partial charge >= 0.3 is 6.03 Å². The third kappa shape index (κ3) is 2.73. The Hall–Kier alpha value is -0.770. The van der Waals surface area contributed by atoms with E-state index in [0.717, 1.165) is 13.1 Å². The number of carbonyl (C=O) groups excluding carboxylic acids is 1. The van der Waals surface area contributed by atoms with E-state index < -0.39 is 0 Å². The first-order valence-electron chi connectivity index (χ1n) is 6.30. The van der Waals surface area contributed by atoms with Gasteiger partial charge in [0, 0.05) is 20.1 Å². The molecule has 1 aliphatic rings. The first-order valence-corrected chi connectivity index (χ1v) is 6.30. The summed E-state index contributed by atoms with van der Waals surface area (Å²) in [4.78, 5) is 16.2. The van der Waals surface area contributed by atoms with Crippen molar-refractivity contribution in [2.24, 2.45) is 5.41 Å². The Morgan fingerprint density at radius 1 is 1.29 bits per heavy atom. The van der Waals surface area contributed by atoms with Crippen LogP contribution >= 0.6 is 0 Å². The first-order chi connectivity index (χ1) is 7.61. The zero-order chi connectivity index (χ0) is 13.4. The highest BCUT2D eigenvalue weighted by atomic mass is 16.2. The van der Waals surface area contributed by atoms with Crippen molar-refractivity contribution in [2.75, 3.05) is 27.2 Å². The smallest absolute Gasteiger partial charge is 0.320 e. The molecule has 1 atom stereocenters. The van der Waals surface area contributed by atoms with Crippen LogP contribution in [0.2, 0.25) is 0 Å². The summed E-state index contributed by atoms with van der Waals surface area (Å²) in [5.74, 6) is 0. The highest BCUT2D eigenvalue weighted by molar-refractivity contribution is 5.78. The minimum Gasteiger partial charge on any atom is -0.322 e. The average Bonchev–Trinajstić information content (AvgIpc) is 2.43. The second-order valence-corrected chi connectivity index (χ2v) is 6.73. The van der Waals surface area contributed by atoms with E-state index in [1.165, 1.54) is 0 Å². The predicted molar refractivity (Wildman–Crippen MR) is 71.1 cm³/mol. The third-order valence-corrected chi connectivity index (χ3v) is 3.70. The van der Waals surface area contributed by atoms with Crippen molar-refractivity contribution in [2.45, 2.75) is 46.2 Å². The Balaban J connectivity index is 2.90. The van der Waals surface area contributed by atoms with Gasteiger partial charge in [0.15, 0.2) is 0 Å². The molecule has 0 aliphatic carbocycles.